The molecule has 0 heterocycles. The highest BCUT2D eigenvalue weighted by Crippen LogP contribution is 2.47. The third-order valence-corrected chi connectivity index (χ3v) is 3.82. The smallest absolute Gasteiger partial charge is 0.309 e. The number of amides is 2. The molecule has 0 fully saturated rings. The van der Waals surface area contributed by atoms with Gasteiger partial charge in [0.05, 0.1) is 13.2 Å². The van der Waals surface area contributed by atoms with Gasteiger partial charge < -0.3 is 9.05 Å². The Morgan fingerprint density at radius 2 is 1.61 bits per heavy atom. The van der Waals surface area contributed by atoms with E-state index in [-0.39, 0.29) is 25.0 Å². The fourth-order valence-electron chi connectivity index (χ4n) is 1.01. The number of hydrogen-bond acceptors (Lipinski definition) is 5. The zero-order chi connectivity index (χ0) is 14.2. The van der Waals surface area contributed by atoms with Crippen molar-refractivity contribution in [2.75, 3.05) is 19.4 Å². The van der Waals surface area contributed by atoms with E-state index in [2.05, 4.69) is 10.9 Å². The molecule has 0 aromatic heterocycles. The van der Waals surface area contributed by atoms with Gasteiger partial charge in [0.25, 0.3) is 5.91 Å². The van der Waals surface area contributed by atoms with Crippen LogP contribution in [0.15, 0.2) is 0 Å². The van der Waals surface area contributed by atoms with Crippen molar-refractivity contribution in [2.24, 2.45) is 5.92 Å². The van der Waals surface area contributed by atoms with Gasteiger partial charge in [-0.15, -0.1) is 0 Å². The lowest BCUT2D eigenvalue weighted by Gasteiger charge is -2.16. The number of carbonyl (C=O) groups excluding carboxylic acids is 2. The molecule has 7 nitrogen and oxygen atoms in total. The largest absolute Gasteiger partial charge is 0.340 e. The van der Waals surface area contributed by atoms with Gasteiger partial charge in [-0.1, -0.05) is 13.8 Å². The summed E-state index contributed by atoms with van der Waals surface area (Å²) >= 11 is 0. The summed E-state index contributed by atoms with van der Waals surface area (Å²) in [6.45, 7) is 7.06. The molecule has 0 aromatic rings. The van der Waals surface area contributed by atoms with Crippen LogP contribution in [0.1, 0.15) is 27.7 Å². The lowest BCUT2D eigenvalue weighted by molar-refractivity contribution is -0.129. The van der Waals surface area contributed by atoms with Crippen LogP contribution in [-0.4, -0.2) is 31.2 Å². The van der Waals surface area contributed by atoms with Gasteiger partial charge in [0.15, 0.2) is 0 Å². The Labute approximate surface area is 107 Å². The second kappa shape index (κ2) is 8.24. The molecular formula is C10H21N2O5P. The molecular weight excluding hydrogens is 259 g/mol. The van der Waals surface area contributed by atoms with Crippen LogP contribution in [0.5, 0.6) is 0 Å². The van der Waals surface area contributed by atoms with Gasteiger partial charge in [-0.3, -0.25) is 25.0 Å². The van der Waals surface area contributed by atoms with E-state index >= 15 is 0 Å². The lowest BCUT2D eigenvalue weighted by Crippen LogP contribution is -2.44. The number of hydrazine groups is 1. The standard InChI is InChI=1S/C10H21N2O5P/c1-5-16-18(15,17-6-2)7-9(13)11-12-10(14)8(3)4/h8H,5-7H2,1-4H3,(H,11,13)(H,12,14). The molecule has 0 spiro atoms. The average Bonchev–Trinajstić information content (AvgIpc) is 2.25. The van der Waals surface area contributed by atoms with Crippen LogP contribution >= 0.6 is 7.60 Å². The Kier molecular flexibility index (Phi) is 7.82. The molecule has 2 N–H and O–H groups in total. The van der Waals surface area contributed by atoms with Crippen molar-refractivity contribution in [1.29, 1.82) is 0 Å². The Morgan fingerprint density at radius 3 is 2.00 bits per heavy atom. The van der Waals surface area contributed by atoms with E-state index in [1.54, 1.807) is 27.7 Å². The first-order valence-electron chi connectivity index (χ1n) is 5.81. The summed E-state index contributed by atoms with van der Waals surface area (Å²) in [4.78, 5) is 22.7. The van der Waals surface area contributed by atoms with Gasteiger partial charge in [-0.05, 0) is 13.8 Å². The van der Waals surface area contributed by atoms with Crippen molar-refractivity contribution < 1.29 is 23.2 Å². The van der Waals surface area contributed by atoms with Crippen LogP contribution < -0.4 is 10.9 Å². The van der Waals surface area contributed by atoms with E-state index < -0.39 is 19.7 Å². The molecule has 0 aliphatic rings. The average molecular weight is 280 g/mol. The molecule has 0 aliphatic heterocycles. The van der Waals surface area contributed by atoms with E-state index in [0.29, 0.717) is 0 Å². The third kappa shape index (κ3) is 6.74. The van der Waals surface area contributed by atoms with Crippen molar-refractivity contribution in [3.05, 3.63) is 0 Å². The summed E-state index contributed by atoms with van der Waals surface area (Å²) in [5, 5.41) is 0. The summed E-state index contributed by atoms with van der Waals surface area (Å²) in [6, 6.07) is 0. The van der Waals surface area contributed by atoms with Gasteiger partial charge in [0, 0.05) is 5.92 Å². The molecule has 0 atom stereocenters. The first-order valence-corrected chi connectivity index (χ1v) is 7.54. The topological polar surface area (TPSA) is 93.7 Å². The van der Waals surface area contributed by atoms with Gasteiger partial charge in [0.1, 0.15) is 6.16 Å². The number of carbonyl (C=O) groups is 2. The van der Waals surface area contributed by atoms with Crippen molar-refractivity contribution in [3.8, 4) is 0 Å². The third-order valence-electron chi connectivity index (χ3n) is 1.84. The van der Waals surface area contributed by atoms with E-state index in [1.807, 2.05) is 0 Å². The number of nitrogens with one attached hydrogen (secondary N) is 2. The van der Waals surface area contributed by atoms with Crippen molar-refractivity contribution in [2.45, 2.75) is 27.7 Å². The van der Waals surface area contributed by atoms with E-state index in [1.165, 1.54) is 0 Å². The second-order valence-corrected chi connectivity index (χ2v) is 5.85. The molecule has 0 aliphatic carbocycles. The monoisotopic (exact) mass is 280 g/mol. The highest BCUT2D eigenvalue weighted by atomic mass is 31.2. The summed E-state index contributed by atoms with van der Waals surface area (Å²) in [5.41, 5.74) is 4.38. The maximum Gasteiger partial charge on any atom is 0.340 e. The molecule has 18 heavy (non-hydrogen) atoms. The highest BCUT2D eigenvalue weighted by Gasteiger charge is 2.27. The van der Waals surface area contributed by atoms with E-state index in [9.17, 15) is 14.2 Å². The van der Waals surface area contributed by atoms with Gasteiger partial charge in [0.2, 0.25) is 5.91 Å². The maximum atomic E-state index is 12.0. The number of rotatable bonds is 7. The van der Waals surface area contributed by atoms with E-state index in [4.69, 9.17) is 9.05 Å². The van der Waals surface area contributed by atoms with Gasteiger partial charge >= 0.3 is 7.60 Å². The Bertz CT molecular complexity index is 322. The molecule has 0 aromatic carbocycles. The summed E-state index contributed by atoms with van der Waals surface area (Å²) < 4.78 is 21.9. The fourth-order valence-corrected chi connectivity index (χ4v) is 2.49. The molecule has 0 radical (unpaired) electrons. The minimum absolute atomic E-state index is 0.183. The molecule has 0 bridgehead atoms. The highest BCUT2D eigenvalue weighted by molar-refractivity contribution is 7.54. The summed E-state index contributed by atoms with van der Waals surface area (Å²) in [7, 11) is -3.42. The molecule has 8 heteroatoms. The molecule has 0 saturated heterocycles. The molecule has 0 unspecified atom stereocenters. The Morgan fingerprint density at radius 1 is 1.11 bits per heavy atom. The Balaban J connectivity index is 4.27. The predicted molar refractivity (Wildman–Crippen MR) is 66.8 cm³/mol. The predicted octanol–water partition coefficient (Wildman–Crippen LogP) is 1.06. The van der Waals surface area contributed by atoms with Gasteiger partial charge in [-0.2, -0.15) is 0 Å². The second-order valence-electron chi connectivity index (χ2n) is 3.80. The van der Waals surface area contributed by atoms with Crippen LogP contribution in [0.25, 0.3) is 0 Å². The maximum absolute atomic E-state index is 12.0. The van der Waals surface area contributed by atoms with Crippen LogP contribution in [0.2, 0.25) is 0 Å². The van der Waals surface area contributed by atoms with Crippen LogP contribution in [0, 0.1) is 5.92 Å². The molecule has 106 valence electrons. The van der Waals surface area contributed by atoms with Gasteiger partial charge in [-0.25, -0.2) is 0 Å². The summed E-state index contributed by atoms with van der Waals surface area (Å²) in [6.07, 6.45) is -0.424. The fraction of sp³-hybridized carbons (Fsp3) is 0.800. The normalized spacial score (nSPS) is 11.4. The zero-order valence-electron chi connectivity index (χ0n) is 11.2. The van der Waals surface area contributed by atoms with Crippen LogP contribution in [0.4, 0.5) is 0 Å². The molecule has 2 amide bonds. The zero-order valence-corrected chi connectivity index (χ0v) is 12.1. The SMILES string of the molecule is CCOP(=O)(CC(=O)NNC(=O)C(C)C)OCC. The number of hydrogen-bond donors (Lipinski definition) is 2. The van der Waals surface area contributed by atoms with E-state index in [0.717, 1.165) is 0 Å². The minimum Gasteiger partial charge on any atom is -0.309 e. The van der Waals surface area contributed by atoms with Crippen molar-refractivity contribution in [3.63, 3.8) is 0 Å². The first-order chi connectivity index (χ1) is 8.34. The Hall–Kier alpha value is -0.910. The summed E-state index contributed by atoms with van der Waals surface area (Å²) in [5.74, 6) is -1.20. The van der Waals surface area contributed by atoms with Crippen LogP contribution in [-0.2, 0) is 23.2 Å². The quantitative estimate of drug-likeness (QED) is 0.537. The van der Waals surface area contributed by atoms with Crippen LogP contribution in [0.3, 0.4) is 0 Å². The van der Waals surface area contributed by atoms with Crippen molar-refractivity contribution >= 4 is 19.4 Å². The first kappa shape index (κ1) is 17.1. The molecule has 0 rings (SSSR count). The lowest BCUT2D eigenvalue weighted by atomic mass is 10.2. The van der Waals surface area contributed by atoms with Crippen molar-refractivity contribution in [1.82, 2.24) is 10.9 Å². The molecule has 0 saturated carbocycles. The minimum atomic E-state index is -3.42.